The highest BCUT2D eigenvalue weighted by atomic mass is 16.5. The lowest BCUT2D eigenvalue weighted by Gasteiger charge is -2.08. The molecule has 0 saturated carbocycles. The van der Waals surface area contributed by atoms with E-state index in [-0.39, 0.29) is 12.0 Å². The number of hydrogen-bond donors (Lipinski definition) is 1. The molecule has 0 aliphatic carbocycles. The van der Waals surface area contributed by atoms with Crippen molar-refractivity contribution in [3.8, 4) is 0 Å². The van der Waals surface area contributed by atoms with E-state index in [1.54, 1.807) is 6.92 Å². The molecular weight excluding hydrogens is 196 g/mol. The van der Waals surface area contributed by atoms with Crippen molar-refractivity contribution in [3.63, 3.8) is 0 Å². The van der Waals surface area contributed by atoms with Gasteiger partial charge in [0.15, 0.2) is 5.82 Å². The molecule has 1 aromatic rings. The van der Waals surface area contributed by atoms with Crippen LogP contribution in [0.5, 0.6) is 0 Å². The number of hydrogen-bond acceptors (Lipinski definition) is 5. The Bertz CT molecular complexity index is 299. The maximum Gasteiger partial charge on any atom is 0.232 e. The van der Waals surface area contributed by atoms with Crippen LogP contribution in [0.4, 0.5) is 0 Å². The lowest BCUT2D eigenvalue weighted by atomic mass is 10.1. The fourth-order valence-corrected chi connectivity index (χ4v) is 1.13. The molecule has 0 radical (unpaired) electrons. The second-order valence-electron chi connectivity index (χ2n) is 3.62. The van der Waals surface area contributed by atoms with Crippen LogP contribution in [0.2, 0.25) is 0 Å². The topological polar surface area (TPSA) is 68.4 Å². The number of aliphatic hydroxyl groups excluding tert-OH is 1. The van der Waals surface area contributed by atoms with Crippen LogP contribution in [0, 0.1) is 0 Å². The van der Waals surface area contributed by atoms with E-state index in [1.165, 1.54) is 0 Å². The van der Waals surface area contributed by atoms with Crippen LogP contribution < -0.4 is 0 Å². The molecule has 3 unspecified atom stereocenters. The third kappa shape index (κ3) is 3.00. The van der Waals surface area contributed by atoms with Crippen LogP contribution in [0.1, 0.15) is 51.4 Å². The molecule has 1 heterocycles. The zero-order valence-electron chi connectivity index (χ0n) is 9.60. The van der Waals surface area contributed by atoms with Gasteiger partial charge in [0.25, 0.3) is 0 Å². The van der Waals surface area contributed by atoms with E-state index in [0.717, 1.165) is 0 Å². The first-order chi connectivity index (χ1) is 7.06. The molecule has 3 atom stereocenters. The van der Waals surface area contributed by atoms with Crippen molar-refractivity contribution < 1.29 is 14.4 Å². The molecule has 15 heavy (non-hydrogen) atoms. The van der Waals surface area contributed by atoms with Crippen LogP contribution in [-0.4, -0.2) is 28.0 Å². The largest absolute Gasteiger partial charge is 0.393 e. The quantitative estimate of drug-likeness (QED) is 0.807. The zero-order valence-corrected chi connectivity index (χ0v) is 9.60. The van der Waals surface area contributed by atoms with Gasteiger partial charge in [-0.25, -0.2) is 0 Å². The van der Waals surface area contributed by atoms with Gasteiger partial charge in [-0.05, 0) is 20.8 Å². The van der Waals surface area contributed by atoms with Gasteiger partial charge in [0.2, 0.25) is 5.89 Å². The Morgan fingerprint density at radius 3 is 2.60 bits per heavy atom. The van der Waals surface area contributed by atoms with Crippen molar-refractivity contribution in [2.75, 3.05) is 6.61 Å². The maximum atomic E-state index is 9.37. The minimum absolute atomic E-state index is 0.153. The minimum Gasteiger partial charge on any atom is -0.393 e. The first-order valence-corrected chi connectivity index (χ1v) is 5.19. The van der Waals surface area contributed by atoms with Gasteiger partial charge < -0.3 is 14.4 Å². The molecule has 1 N–H and O–H groups in total. The minimum atomic E-state index is -0.499. The van der Waals surface area contributed by atoms with E-state index in [1.807, 2.05) is 20.8 Å². The first-order valence-electron chi connectivity index (χ1n) is 5.19. The summed E-state index contributed by atoms with van der Waals surface area (Å²) in [5.74, 6) is 0.825. The summed E-state index contributed by atoms with van der Waals surface area (Å²) in [5.41, 5.74) is 0. The van der Waals surface area contributed by atoms with Gasteiger partial charge in [0.05, 0.1) is 12.0 Å². The maximum absolute atomic E-state index is 9.37. The Morgan fingerprint density at radius 2 is 2.07 bits per heavy atom. The Labute approximate surface area is 89.4 Å². The van der Waals surface area contributed by atoms with Crippen LogP contribution in [0.15, 0.2) is 4.52 Å². The summed E-state index contributed by atoms with van der Waals surface area (Å²) in [5, 5.41) is 13.2. The summed E-state index contributed by atoms with van der Waals surface area (Å²) in [6, 6.07) is 0. The van der Waals surface area contributed by atoms with E-state index >= 15 is 0 Å². The van der Waals surface area contributed by atoms with Crippen LogP contribution in [0.3, 0.4) is 0 Å². The third-order valence-corrected chi connectivity index (χ3v) is 2.35. The van der Waals surface area contributed by atoms with E-state index in [0.29, 0.717) is 18.3 Å². The van der Waals surface area contributed by atoms with Crippen molar-refractivity contribution in [2.24, 2.45) is 0 Å². The SMILES string of the molecule is CCOC(C)c1noc(C(C)C(C)O)n1. The van der Waals surface area contributed by atoms with Gasteiger partial charge in [-0.15, -0.1) is 0 Å². The number of aliphatic hydroxyl groups is 1. The summed E-state index contributed by atoms with van der Waals surface area (Å²) in [6.45, 7) is 7.92. The molecule has 0 spiro atoms. The Kier molecular flexibility index (Phi) is 4.23. The van der Waals surface area contributed by atoms with Crippen LogP contribution in [-0.2, 0) is 4.74 Å². The monoisotopic (exact) mass is 214 g/mol. The van der Waals surface area contributed by atoms with Crippen molar-refractivity contribution in [2.45, 2.75) is 45.8 Å². The summed E-state index contributed by atoms with van der Waals surface area (Å²) >= 11 is 0. The standard InChI is InChI=1S/C10H18N2O3/c1-5-14-8(4)9-11-10(15-12-9)6(2)7(3)13/h6-8,13H,5H2,1-4H3. The molecule has 1 aromatic heterocycles. The van der Waals surface area contributed by atoms with E-state index in [2.05, 4.69) is 10.1 Å². The van der Waals surface area contributed by atoms with Crippen LogP contribution >= 0.6 is 0 Å². The predicted octanol–water partition coefficient (Wildman–Crippen LogP) is 1.65. The Balaban J connectivity index is 2.71. The van der Waals surface area contributed by atoms with Crippen molar-refractivity contribution in [1.29, 1.82) is 0 Å². The Morgan fingerprint density at radius 1 is 1.40 bits per heavy atom. The van der Waals surface area contributed by atoms with Gasteiger partial charge in [0.1, 0.15) is 6.10 Å². The predicted molar refractivity (Wildman–Crippen MR) is 54.4 cm³/mol. The molecule has 0 bridgehead atoms. The van der Waals surface area contributed by atoms with Crippen LogP contribution in [0.25, 0.3) is 0 Å². The molecule has 86 valence electrons. The molecular formula is C10H18N2O3. The highest BCUT2D eigenvalue weighted by Crippen LogP contribution is 2.20. The summed E-state index contributed by atoms with van der Waals surface area (Å²) in [4.78, 5) is 4.19. The normalized spacial score (nSPS) is 17.4. The molecule has 0 fully saturated rings. The lowest BCUT2D eigenvalue weighted by Crippen LogP contribution is -2.11. The van der Waals surface area contributed by atoms with Gasteiger partial charge in [0, 0.05) is 6.61 Å². The number of nitrogens with zero attached hydrogens (tertiary/aromatic N) is 2. The van der Waals surface area contributed by atoms with Gasteiger partial charge in [-0.2, -0.15) is 4.98 Å². The fraction of sp³-hybridized carbons (Fsp3) is 0.800. The van der Waals surface area contributed by atoms with Crippen molar-refractivity contribution in [3.05, 3.63) is 11.7 Å². The molecule has 0 saturated heterocycles. The second-order valence-corrected chi connectivity index (χ2v) is 3.62. The fourth-order valence-electron chi connectivity index (χ4n) is 1.13. The number of rotatable bonds is 5. The molecule has 1 rings (SSSR count). The van der Waals surface area contributed by atoms with Crippen molar-refractivity contribution in [1.82, 2.24) is 10.1 Å². The van der Waals surface area contributed by atoms with E-state index < -0.39 is 6.10 Å². The number of aromatic nitrogens is 2. The summed E-state index contributed by atoms with van der Waals surface area (Å²) < 4.78 is 10.4. The van der Waals surface area contributed by atoms with Gasteiger partial charge >= 0.3 is 0 Å². The number of ether oxygens (including phenoxy) is 1. The second kappa shape index (κ2) is 5.23. The van der Waals surface area contributed by atoms with Crippen molar-refractivity contribution >= 4 is 0 Å². The highest BCUT2D eigenvalue weighted by molar-refractivity contribution is 4.96. The van der Waals surface area contributed by atoms with Gasteiger partial charge in [-0.1, -0.05) is 12.1 Å². The average molecular weight is 214 g/mol. The van der Waals surface area contributed by atoms with E-state index in [4.69, 9.17) is 9.26 Å². The summed E-state index contributed by atoms with van der Waals surface area (Å²) in [6.07, 6.45) is -0.672. The highest BCUT2D eigenvalue weighted by Gasteiger charge is 2.21. The molecule has 0 amide bonds. The molecule has 0 aliphatic rings. The third-order valence-electron chi connectivity index (χ3n) is 2.35. The first kappa shape index (κ1) is 12.1. The average Bonchev–Trinajstić information content (AvgIpc) is 2.65. The smallest absolute Gasteiger partial charge is 0.232 e. The summed E-state index contributed by atoms with van der Waals surface area (Å²) in [7, 11) is 0. The molecule has 5 nitrogen and oxygen atoms in total. The molecule has 0 aliphatic heterocycles. The van der Waals surface area contributed by atoms with Gasteiger partial charge in [-0.3, -0.25) is 0 Å². The van der Waals surface area contributed by atoms with E-state index in [9.17, 15) is 5.11 Å². The molecule has 0 aromatic carbocycles. The Hall–Kier alpha value is -0.940. The molecule has 5 heteroatoms. The lowest BCUT2D eigenvalue weighted by molar-refractivity contribution is 0.0683. The zero-order chi connectivity index (χ0) is 11.4.